The highest BCUT2D eigenvalue weighted by atomic mass is 16.5. The van der Waals surface area contributed by atoms with Gasteiger partial charge in [-0.1, -0.05) is 18.9 Å². The largest absolute Gasteiger partial charge is 0.481 e. The second-order valence-corrected chi connectivity index (χ2v) is 5.29. The van der Waals surface area contributed by atoms with Crippen molar-refractivity contribution in [2.75, 3.05) is 20.3 Å². The molecular formula is C15H24N2O2. The first-order valence-corrected chi connectivity index (χ1v) is 7.14. The molecule has 4 nitrogen and oxygen atoms in total. The van der Waals surface area contributed by atoms with Crippen molar-refractivity contribution < 1.29 is 9.84 Å². The topological polar surface area (TPSA) is 54.4 Å². The summed E-state index contributed by atoms with van der Waals surface area (Å²) < 4.78 is 5.24. The number of aliphatic hydroxyl groups excluding tert-OH is 1. The zero-order valence-electron chi connectivity index (χ0n) is 11.6. The number of hydrogen-bond acceptors (Lipinski definition) is 4. The van der Waals surface area contributed by atoms with E-state index in [1.807, 2.05) is 12.1 Å². The molecule has 2 atom stereocenters. The summed E-state index contributed by atoms with van der Waals surface area (Å²) in [6, 6.07) is 3.96. The number of aliphatic hydroxyl groups is 1. The summed E-state index contributed by atoms with van der Waals surface area (Å²) in [5.74, 6) is 1.76. The van der Waals surface area contributed by atoms with Crippen LogP contribution < -0.4 is 10.1 Å². The van der Waals surface area contributed by atoms with Gasteiger partial charge >= 0.3 is 0 Å². The maximum Gasteiger partial charge on any atom is 0.217 e. The Balaban J connectivity index is 1.82. The molecule has 2 rings (SSSR count). The lowest BCUT2D eigenvalue weighted by molar-refractivity contribution is 0.133. The van der Waals surface area contributed by atoms with E-state index >= 15 is 0 Å². The highest BCUT2D eigenvalue weighted by Gasteiger charge is 2.23. The third-order valence-corrected chi connectivity index (χ3v) is 4.07. The van der Waals surface area contributed by atoms with E-state index < -0.39 is 0 Å². The smallest absolute Gasteiger partial charge is 0.217 e. The van der Waals surface area contributed by atoms with Gasteiger partial charge in [0.05, 0.1) is 7.11 Å². The van der Waals surface area contributed by atoms with Crippen LogP contribution in [0.5, 0.6) is 5.88 Å². The van der Waals surface area contributed by atoms with Gasteiger partial charge in [-0.2, -0.15) is 0 Å². The van der Waals surface area contributed by atoms with Gasteiger partial charge in [0.1, 0.15) is 0 Å². The van der Waals surface area contributed by atoms with Crippen molar-refractivity contribution in [2.24, 2.45) is 11.8 Å². The molecule has 0 aliphatic heterocycles. The number of ether oxygens (including phenoxy) is 1. The summed E-state index contributed by atoms with van der Waals surface area (Å²) >= 11 is 0. The first-order chi connectivity index (χ1) is 9.35. The van der Waals surface area contributed by atoms with E-state index in [0.717, 1.165) is 18.7 Å². The molecular weight excluding hydrogens is 240 g/mol. The molecule has 1 aromatic heterocycles. The average Bonchev–Trinajstić information content (AvgIpc) is 2.48. The van der Waals surface area contributed by atoms with Gasteiger partial charge in [0.2, 0.25) is 5.88 Å². The number of pyridine rings is 1. The van der Waals surface area contributed by atoms with Crippen LogP contribution in [0.25, 0.3) is 0 Å². The van der Waals surface area contributed by atoms with Gasteiger partial charge in [0, 0.05) is 24.9 Å². The molecule has 19 heavy (non-hydrogen) atoms. The van der Waals surface area contributed by atoms with Crippen LogP contribution in [0.1, 0.15) is 31.2 Å². The lowest BCUT2D eigenvalue weighted by Gasteiger charge is -2.30. The molecule has 1 aromatic rings. The zero-order chi connectivity index (χ0) is 13.5. The molecule has 2 N–H and O–H groups in total. The van der Waals surface area contributed by atoms with Crippen LogP contribution in [0.3, 0.4) is 0 Å². The minimum atomic E-state index is 0.322. The van der Waals surface area contributed by atoms with Gasteiger partial charge in [0.25, 0.3) is 0 Å². The van der Waals surface area contributed by atoms with Crippen molar-refractivity contribution in [3.8, 4) is 5.88 Å². The van der Waals surface area contributed by atoms with E-state index in [1.165, 1.54) is 25.7 Å². The molecule has 1 fully saturated rings. The Morgan fingerprint density at radius 2 is 2.16 bits per heavy atom. The van der Waals surface area contributed by atoms with E-state index in [-0.39, 0.29) is 0 Å². The first-order valence-electron chi connectivity index (χ1n) is 7.14. The molecule has 4 heteroatoms. The fourth-order valence-corrected chi connectivity index (χ4v) is 2.93. The normalized spacial score (nSPS) is 23.3. The molecule has 0 spiro atoms. The Hall–Kier alpha value is -1.13. The van der Waals surface area contributed by atoms with Gasteiger partial charge in [-0.05, 0) is 37.3 Å². The molecule has 0 saturated heterocycles. The lowest BCUT2D eigenvalue weighted by Crippen LogP contribution is -2.32. The van der Waals surface area contributed by atoms with Gasteiger partial charge in [0.15, 0.2) is 0 Å². The molecule has 0 amide bonds. The van der Waals surface area contributed by atoms with E-state index in [2.05, 4.69) is 10.3 Å². The van der Waals surface area contributed by atoms with Gasteiger partial charge in [-0.15, -0.1) is 0 Å². The quantitative estimate of drug-likeness (QED) is 0.825. The lowest BCUT2D eigenvalue weighted by atomic mass is 9.79. The van der Waals surface area contributed by atoms with E-state index in [4.69, 9.17) is 4.74 Å². The van der Waals surface area contributed by atoms with Gasteiger partial charge in [-0.3, -0.25) is 0 Å². The Kier molecular flexibility index (Phi) is 5.61. The third kappa shape index (κ3) is 3.91. The van der Waals surface area contributed by atoms with Crippen molar-refractivity contribution in [3.05, 3.63) is 23.9 Å². The zero-order valence-corrected chi connectivity index (χ0v) is 11.6. The van der Waals surface area contributed by atoms with Crippen molar-refractivity contribution >= 4 is 0 Å². The van der Waals surface area contributed by atoms with Crippen molar-refractivity contribution in [2.45, 2.75) is 32.2 Å². The Morgan fingerprint density at radius 1 is 1.37 bits per heavy atom. The predicted octanol–water partition coefficient (Wildman–Crippen LogP) is 1.98. The highest BCUT2D eigenvalue weighted by Crippen LogP contribution is 2.29. The minimum Gasteiger partial charge on any atom is -0.481 e. The molecule has 0 bridgehead atoms. The molecule has 0 radical (unpaired) electrons. The standard InChI is InChI=1S/C15H24N2O2/c1-19-15-13(7-4-8-17-15)10-16-9-12-5-2-3-6-14(12)11-18/h4,7-8,12,14,16,18H,2-3,5-6,9-11H2,1H3. The number of hydrogen-bond donors (Lipinski definition) is 2. The van der Waals surface area contributed by atoms with Gasteiger partial charge in [-0.25, -0.2) is 4.98 Å². The van der Waals surface area contributed by atoms with Crippen LogP contribution in [0.2, 0.25) is 0 Å². The molecule has 1 saturated carbocycles. The Morgan fingerprint density at radius 3 is 2.89 bits per heavy atom. The van der Waals surface area contributed by atoms with Crippen molar-refractivity contribution in [1.82, 2.24) is 10.3 Å². The summed E-state index contributed by atoms with van der Waals surface area (Å²) in [6.07, 6.45) is 6.68. The molecule has 1 aliphatic rings. The number of methoxy groups -OCH3 is 1. The second kappa shape index (κ2) is 7.46. The summed E-state index contributed by atoms with van der Waals surface area (Å²) in [4.78, 5) is 4.19. The summed E-state index contributed by atoms with van der Waals surface area (Å²) in [5, 5.41) is 12.9. The van der Waals surface area contributed by atoms with Crippen LogP contribution in [0.4, 0.5) is 0 Å². The van der Waals surface area contributed by atoms with Crippen LogP contribution in [0, 0.1) is 11.8 Å². The number of aromatic nitrogens is 1. The highest BCUT2D eigenvalue weighted by molar-refractivity contribution is 5.24. The second-order valence-electron chi connectivity index (χ2n) is 5.29. The number of rotatable bonds is 6. The third-order valence-electron chi connectivity index (χ3n) is 4.07. The van der Waals surface area contributed by atoms with Crippen LogP contribution in [-0.4, -0.2) is 30.4 Å². The van der Waals surface area contributed by atoms with Crippen LogP contribution in [-0.2, 0) is 6.54 Å². The molecule has 1 aliphatic carbocycles. The first kappa shape index (κ1) is 14.3. The predicted molar refractivity (Wildman–Crippen MR) is 75.0 cm³/mol. The number of nitrogens with zero attached hydrogens (tertiary/aromatic N) is 1. The van der Waals surface area contributed by atoms with E-state index in [1.54, 1.807) is 13.3 Å². The van der Waals surface area contributed by atoms with Crippen molar-refractivity contribution in [3.63, 3.8) is 0 Å². The fraction of sp³-hybridized carbons (Fsp3) is 0.667. The van der Waals surface area contributed by atoms with Crippen molar-refractivity contribution in [1.29, 1.82) is 0 Å². The van der Waals surface area contributed by atoms with E-state index in [0.29, 0.717) is 24.3 Å². The molecule has 2 unspecified atom stereocenters. The molecule has 1 heterocycles. The summed E-state index contributed by atoms with van der Waals surface area (Å²) in [6.45, 7) is 2.05. The number of nitrogens with one attached hydrogen (secondary N) is 1. The maximum atomic E-state index is 9.40. The minimum absolute atomic E-state index is 0.322. The van der Waals surface area contributed by atoms with Crippen LogP contribution >= 0.6 is 0 Å². The summed E-state index contributed by atoms with van der Waals surface area (Å²) in [5.41, 5.74) is 1.08. The maximum absolute atomic E-state index is 9.40. The van der Waals surface area contributed by atoms with Gasteiger partial charge < -0.3 is 15.2 Å². The SMILES string of the molecule is COc1ncccc1CNCC1CCCCC1CO. The fourth-order valence-electron chi connectivity index (χ4n) is 2.93. The summed E-state index contributed by atoms with van der Waals surface area (Å²) in [7, 11) is 1.65. The Bertz CT molecular complexity index is 384. The molecule has 0 aromatic carbocycles. The monoisotopic (exact) mass is 264 g/mol. The molecule has 106 valence electrons. The Labute approximate surface area is 115 Å². The van der Waals surface area contributed by atoms with Crippen LogP contribution in [0.15, 0.2) is 18.3 Å². The van der Waals surface area contributed by atoms with E-state index in [9.17, 15) is 5.11 Å². The average molecular weight is 264 g/mol.